The fraction of sp³-hybridized carbons (Fsp3) is 0.583. The molecular weight excluding hydrogens is 205 g/mol. The smallest absolute Gasteiger partial charge is 0.141 e. The Morgan fingerprint density at radius 3 is 3.00 bits per heavy atom. The summed E-state index contributed by atoms with van der Waals surface area (Å²) in [6, 6.07) is 2.20. The number of nitrogens with zero attached hydrogens (tertiary/aromatic N) is 2. The SMILES string of the molecule is CC(NC1CCN(C)C1)c1cncc(F)c1. The van der Waals surface area contributed by atoms with E-state index in [1.807, 2.05) is 0 Å². The summed E-state index contributed by atoms with van der Waals surface area (Å²) in [5.41, 5.74) is 0.912. The molecular formula is C12H18FN3. The molecule has 4 heteroatoms. The van der Waals surface area contributed by atoms with Gasteiger partial charge in [-0.05, 0) is 38.6 Å². The molecule has 1 fully saturated rings. The van der Waals surface area contributed by atoms with Gasteiger partial charge in [-0.1, -0.05) is 0 Å². The molecule has 1 aliphatic heterocycles. The molecule has 2 heterocycles. The molecule has 0 amide bonds. The molecule has 0 aliphatic carbocycles. The third-order valence-corrected chi connectivity index (χ3v) is 3.10. The second-order valence-electron chi connectivity index (χ2n) is 4.57. The number of nitrogens with one attached hydrogen (secondary N) is 1. The van der Waals surface area contributed by atoms with Crippen LogP contribution in [0.3, 0.4) is 0 Å². The Kier molecular flexibility index (Phi) is 3.51. The highest BCUT2D eigenvalue weighted by Crippen LogP contribution is 2.16. The average Bonchev–Trinajstić information content (AvgIpc) is 2.64. The molecule has 0 aromatic carbocycles. The van der Waals surface area contributed by atoms with E-state index in [1.54, 1.807) is 12.3 Å². The van der Waals surface area contributed by atoms with E-state index in [4.69, 9.17) is 0 Å². The molecule has 2 atom stereocenters. The summed E-state index contributed by atoms with van der Waals surface area (Å²) in [6.07, 6.45) is 4.11. The summed E-state index contributed by atoms with van der Waals surface area (Å²) in [6.45, 7) is 4.24. The minimum atomic E-state index is -0.269. The van der Waals surface area contributed by atoms with Crippen molar-refractivity contribution < 1.29 is 4.39 Å². The number of halogens is 1. The van der Waals surface area contributed by atoms with Crippen molar-refractivity contribution in [2.75, 3.05) is 20.1 Å². The first-order chi connectivity index (χ1) is 7.65. The molecule has 3 nitrogen and oxygen atoms in total. The van der Waals surface area contributed by atoms with E-state index in [-0.39, 0.29) is 11.9 Å². The number of pyridine rings is 1. The van der Waals surface area contributed by atoms with Crippen LogP contribution in [0, 0.1) is 5.82 Å². The second-order valence-corrected chi connectivity index (χ2v) is 4.57. The lowest BCUT2D eigenvalue weighted by atomic mass is 10.1. The van der Waals surface area contributed by atoms with Crippen LogP contribution < -0.4 is 5.32 Å². The van der Waals surface area contributed by atoms with Gasteiger partial charge in [-0.2, -0.15) is 0 Å². The van der Waals surface area contributed by atoms with Crippen LogP contribution in [0.25, 0.3) is 0 Å². The predicted octanol–water partition coefficient (Wildman–Crippen LogP) is 1.58. The fourth-order valence-corrected chi connectivity index (χ4v) is 2.19. The van der Waals surface area contributed by atoms with Crippen LogP contribution in [-0.2, 0) is 0 Å². The van der Waals surface area contributed by atoms with Gasteiger partial charge < -0.3 is 10.2 Å². The molecule has 0 saturated carbocycles. The number of likely N-dealkylation sites (tertiary alicyclic amines) is 1. The van der Waals surface area contributed by atoms with Gasteiger partial charge in [0.2, 0.25) is 0 Å². The molecule has 1 aromatic rings. The quantitative estimate of drug-likeness (QED) is 0.843. The molecule has 1 saturated heterocycles. The summed E-state index contributed by atoms with van der Waals surface area (Å²) >= 11 is 0. The highest BCUT2D eigenvalue weighted by atomic mass is 19.1. The van der Waals surface area contributed by atoms with Crippen LogP contribution in [0.5, 0.6) is 0 Å². The van der Waals surface area contributed by atoms with Gasteiger partial charge in [-0.15, -0.1) is 0 Å². The minimum Gasteiger partial charge on any atom is -0.306 e. The van der Waals surface area contributed by atoms with E-state index in [0.717, 1.165) is 25.1 Å². The van der Waals surface area contributed by atoms with E-state index in [9.17, 15) is 4.39 Å². The topological polar surface area (TPSA) is 28.2 Å². The van der Waals surface area contributed by atoms with Crippen molar-refractivity contribution in [1.29, 1.82) is 0 Å². The zero-order valence-corrected chi connectivity index (χ0v) is 9.78. The van der Waals surface area contributed by atoms with Crippen molar-refractivity contribution in [2.45, 2.75) is 25.4 Å². The molecule has 0 radical (unpaired) electrons. The van der Waals surface area contributed by atoms with Crippen LogP contribution in [0.1, 0.15) is 24.9 Å². The lowest BCUT2D eigenvalue weighted by molar-refractivity contribution is 0.386. The van der Waals surface area contributed by atoms with Crippen LogP contribution in [-0.4, -0.2) is 36.1 Å². The molecule has 2 rings (SSSR count). The molecule has 1 N–H and O–H groups in total. The lowest BCUT2D eigenvalue weighted by Gasteiger charge is -2.19. The lowest BCUT2D eigenvalue weighted by Crippen LogP contribution is -2.33. The number of hydrogen-bond acceptors (Lipinski definition) is 3. The first-order valence-corrected chi connectivity index (χ1v) is 5.70. The third kappa shape index (κ3) is 2.77. The van der Waals surface area contributed by atoms with Crippen LogP contribution >= 0.6 is 0 Å². The summed E-state index contributed by atoms with van der Waals surface area (Å²) in [4.78, 5) is 6.17. The largest absolute Gasteiger partial charge is 0.306 e. The minimum absolute atomic E-state index is 0.152. The van der Waals surface area contributed by atoms with Crippen LogP contribution in [0.4, 0.5) is 4.39 Å². The maximum absolute atomic E-state index is 13.0. The van der Waals surface area contributed by atoms with E-state index < -0.39 is 0 Å². The van der Waals surface area contributed by atoms with Crippen molar-refractivity contribution in [1.82, 2.24) is 15.2 Å². The zero-order valence-electron chi connectivity index (χ0n) is 9.78. The van der Waals surface area contributed by atoms with Crippen molar-refractivity contribution in [3.05, 3.63) is 29.8 Å². The number of hydrogen-bond donors (Lipinski definition) is 1. The molecule has 0 bridgehead atoms. The first kappa shape index (κ1) is 11.5. The molecule has 88 valence electrons. The maximum atomic E-state index is 13.0. The van der Waals surface area contributed by atoms with Crippen molar-refractivity contribution in [2.24, 2.45) is 0 Å². The van der Waals surface area contributed by atoms with Gasteiger partial charge in [0.25, 0.3) is 0 Å². The Hall–Kier alpha value is -1.00. The highest BCUT2D eigenvalue weighted by Gasteiger charge is 2.21. The standard InChI is InChI=1S/C12H18FN3/c1-9(10-5-11(13)7-14-6-10)15-12-3-4-16(2)8-12/h5-7,9,12,15H,3-4,8H2,1-2H3. The van der Waals surface area contributed by atoms with E-state index in [0.29, 0.717) is 6.04 Å². The average molecular weight is 223 g/mol. The number of likely N-dealkylation sites (N-methyl/N-ethyl adjacent to an activating group) is 1. The van der Waals surface area contributed by atoms with Crippen molar-refractivity contribution >= 4 is 0 Å². The summed E-state index contributed by atoms with van der Waals surface area (Å²) in [7, 11) is 2.12. The Balaban J connectivity index is 1.95. The summed E-state index contributed by atoms with van der Waals surface area (Å²) in [5, 5.41) is 3.50. The van der Waals surface area contributed by atoms with Crippen molar-refractivity contribution in [3.8, 4) is 0 Å². The molecule has 16 heavy (non-hydrogen) atoms. The van der Waals surface area contributed by atoms with E-state index in [1.165, 1.54) is 6.20 Å². The van der Waals surface area contributed by atoms with E-state index in [2.05, 4.69) is 29.2 Å². The van der Waals surface area contributed by atoms with Gasteiger partial charge in [0.15, 0.2) is 0 Å². The molecule has 1 aromatic heterocycles. The van der Waals surface area contributed by atoms with Gasteiger partial charge in [-0.3, -0.25) is 4.98 Å². The van der Waals surface area contributed by atoms with Gasteiger partial charge in [0.1, 0.15) is 5.82 Å². The summed E-state index contributed by atoms with van der Waals surface area (Å²) < 4.78 is 13.0. The summed E-state index contributed by atoms with van der Waals surface area (Å²) in [5.74, 6) is -0.269. The van der Waals surface area contributed by atoms with Gasteiger partial charge in [0.05, 0.1) is 6.20 Å². The number of aromatic nitrogens is 1. The highest BCUT2D eigenvalue weighted by molar-refractivity contribution is 5.14. The van der Waals surface area contributed by atoms with Gasteiger partial charge in [0, 0.05) is 24.8 Å². The normalized spacial score (nSPS) is 23.6. The third-order valence-electron chi connectivity index (χ3n) is 3.10. The Morgan fingerprint density at radius 2 is 2.38 bits per heavy atom. The van der Waals surface area contributed by atoms with Gasteiger partial charge in [-0.25, -0.2) is 4.39 Å². The maximum Gasteiger partial charge on any atom is 0.141 e. The van der Waals surface area contributed by atoms with Crippen molar-refractivity contribution in [3.63, 3.8) is 0 Å². The fourth-order valence-electron chi connectivity index (χ4n) is 2.19. The Bertz CT molecular complexity index is 356. The van der Waals surface area contributed by atoms with E-state index >= 15 is 0 Å². The van der Waals surface area contributed by atoms with Crippen LogP contribution in [0.15, 0.2) is 18.5 Å². The Labute approximate surface area is 95.7 Å². The zero-order chi connectivity index (χ0) is 11.5. The molecule has 1 aliphatic rings. The second kappa shape index (κ2) is 4.89. The monoisotopic (exact) mass is 223 g/mol. The number of rotatable bonds is 3. The predicted molar refractivity (Wildman–Crippen MR) is 61.6 cm³/mol. The van der Waals surface area contributed by atoms with Gasteiger partial charge >= 0.3 is 0 Å². The van der Waals surface area contributed by atoms with Crippen LogP contribution in [0.2, 0.25) is 0 Å². The molecule has 2 unspecified atom stereocenters. The first-order valence-electron chi connectivity index (χ1n) is 5.70. The Morgan fingerprint density at radius 1 is 1.56 bits per heavy atom. The molecule has 0 spiro atoms.